The first kappa shape index (κ1) is 23.3. The number of hydrogen-bond acceptors (Lipinski definition) is 5. The molecule has 1 aliphatic carbocycles. The summed E-state index contributed by atoms with van der Waals surface area (Å²) in [4.78, 5) is 34.1. The van der Waals surface area contributed by atoms with E-state index in [9.17, 15) is 14.7 Å². The van der Waals surface area contributed by atoms with Crippen molar-refractivity contribution in [3.8, 4) is 0 Å². The predicted molar refractivity (Wildman–Crippen MR) is 135 cm³/mol. The molecule has 3 heterocycles. The van der Waals surface area contributed by atoms with Crippen LogP contribution in [0.4, 0.5) is 5.82 Å². The van der Waals surface area contributed by atoms with Crippen LogP contribution in [0.25, 0.3) is 11.0 Å². The predicted octanol–water partition coefficient (Wildman–Crippen LogP) is 4.45. The molecule has 1 N–H and O–H groups in total. The van der Waals surface area contributed by atoms with Gasteiger partial charge in [0.25, 0.3) is 5.56 Å². The van der Waals surface area contributed by atoms with Crippen LogP contribution in [0.2, 0.25) is 0 Å². The van der Waals surface area contributed by atoms with Crippen LogP contribution in [0.5, 0.6) is 0 Å². The van der Waals surface area contributed by atoms with E-state index in [-0.39, 0.29) is 11.6 Å². The van der Waals surface area contributed by atoms with Crippen LogP contribution in [0.3, 0.4) is 0 Å². The van der Waals surface area contributed by atoms with Crippen LogP contribution in [0.15, 0.2) is 29.1 Å². The Labute approximate surface area is 201 Å². The first-order valence-corrected chi connectivity index (χ1v) is 13.3. The minimum Gasteiger partial charge on any atom is -0.481 e. The highest BCUT2D eigenvalue weighted by molar-refractivity contribution is 5.78. The minimum atomic E-state index is -0.801. The highest BCUT2D eigenvalue weighted by Crippen LogP contribution is 2.30. The molecule has 3 aliphatic rings. The second kappa shape index (κ2) is 10.5. The van der Waals surface area contributed by atoms with E-state index in [0.717, 1.165) is 37.0 Å². The molecule has 2 aromatic rings. The van der Waals surface area contributed by atoms with Crippen molar-refractivity contribution in [1.82, 2.24) is 14.5 Å². The zero-order valence-corrected chi connectivity index (χ0v) is 20.2. The first-order valence-electron chi connectivity index (χ1n) is 13.3. The van der Waals surface area contributed by atoms with Gasteiger partial charge in [-0.05, 0) is 37.8 Å². The Balaban J connectivity index is 1.34. The van der Waals surface area contributed by atoms with Crippen LogP contribution < -0.4 is 10.5 Å². The lowest BCUT2D eigenvalue weighted by molar-refractivity contribution is -0.142. The number of anilines is 1. The molecule has 5 rings (SSSR count). The van der Waals surface area contributed by atoms with Crippen molar-refractivity contribution in [2.45, 2.75) is 82.7 Å². The van der Waals surface area contributed by atoms with Gasteiger partial charge in [-0.15, -0.1) is 0 Å². The van der Waals surface area contributed by atoms with Crippen molar-refractivity contribution in [2.75, 3.05) is 31.1 Å². The van der Waals surface area contributed by atoms with Crippen molar-refractivity contribution in [3.63, 3.8) is 0 Å². The topological polar surface area (TPSA) is 78.7 Å². The maximum Gasteiger partial charge on any atom is 0.310 e. The molecule has 0 radical (unpaired) electrons. The Kier molecular flexibility index (Phi) is 7.18. The minimum absolute atomic E-state index is 0.0697. The van der Waals surface area contributed by atoms with E-state index in [1.807, 2.05) is 33.7 Å². The molecule has 34 heavy (non-hydrogen) atoms. The summed E-state index contributed by atoms with van der Waals surface area (Å²) in [6, 6.07) is 8.72. The largest absolute Gasteiger partial charge is 0.481 e. The van der Waals surface area contributed by atoms with E-state index in [2.05, 4.69) is 9.88 Å². The third kappa shape index (κ3) is 4.85. The van der Waals surface area contributed by atoms with Gasteiger partial charge in [-0.1, -0.05) is 57.1 Å². The zero-order chi connectivity index (χ0) is 23.5. The summed E-state index contributed by atoms with van der Waals surface area (Å²) in [5.41, 5.74) is 1.63. The summed E-state index contributed by atoms with van der Waals surface area (Å²) in [5, 5.41) is 9.26. The summed E-state index contributed by atoms with van der Waals surface area (Å²) < 4.78 is 1.97. The molecule has 0 bridgehead atoms. The third-order valence-electron chi connectivity index (χ3n) is 8.26. The summed E-state index contributed by atoms with van der Waals surface area (Å²) in [6.45, 7) is 2.79. The summed E-state index contributed by atoms with van der Waals surface area (Å²) in [7, 11) is 0. The number of likely N-dealkylation sites (tertiary alicyclic amines) is 1. The number of fused-ring (bicyclic) bond motifs is 1. The van der Waals surface area contributed by atoms with E-state index in [4.69, 9.17) is 0 Å². The smallest absolute Gasteiger partial charge is 0.310 e. The van der Waals surface area contributed by atoms with Gasteiger partial charge in [0.1, 0.15) is 0 Å². The van der Waals surface area contributed by atoms with Gasteiger partial charge in [-0.3, -0.25) is 9.59 Å². The van der Waals surface area contributed by atoms with Crippen molar-refractivity contribution < 1.29 is 9.90 Å². The van der Waals surface area contributed by atoms with Crippen LogP contribution in [-0.4, -0.2) is 57.7 Å². The maximum absolute atomic E-state index is 13.6. The Morgan fingerprint density at radius 3 is 2.12 bits per heavy atom. The molecule has 2 aliphatic heterocycles. The molecular formula is C27H38N4O3. The number of aliphatic carboxylic acids is 1. The van der Waals surface area contributed by atoms with Gasteiger partial charge in [0.2, 0.25) is 0 Å². The number of nitrogens with zero attached hydrogens (tertiary/aromatic N) is 4. The lowest BCUT2D eigenvalue weighted by atomic mass is 9.94. The fourth-order valence-corrected chi connectivity index (χ4v) is 6.18. The summed E-state index contributed by atoms with van der Waals surface area (Å²) >= 11 is 0. The molecule has 184 valence electrons. The van der Waals surface area contributed by atoms with Gasteiger partial charge in [-0.25, -0.2) is 4.98 Å². The fraction of sp³-hybridized carbons (Fsp3) is 0.667. The van der Waals surface area contributed by atoms with Crippen LogP contribution in [-0.2, 0) is 4.79 Å². The maximum atomic E-state index is 13.6. The van der Waals surface area contributed by atoms with Gasteiger partial charge < -0.3 is 19.5 Å². The number of rotatable bonds is 4. The Bertz CT molecular complexity index is 1040. The van der Waals surface area contributed by atoms with E-state index in [1.54, 1.807) is 0 Å². The molecule has 3 fully saturated rings. The lowest BCUT2D eigenvalue weighted by Gasteiger charge is -2.40. The molecule has 1 aromatic heterocycles. The zero-order valence-electron chi connectivity index (χ0n) is 20.2. The highest BCUT2D eigenvalue weighted by atomic mass is 16.4. The highest BCUT2D eigenvalue weighted by Gasteiger charge is 2.36. The van der Waals surface area contributed by atoms with Gasteiger partial charge in [0, 0.05) is 38.3 Å². The van der Waals surface area contributed by atoms with E-state index >= 15 is 0 Å². The molecule has 0 spiro atoms. The molecule has 1 aromatic carbocycles. The number of carboxylic acids is 1. The average molecular weight is 467 g/mol. The quantitative estimate of drug-likeness (QED) is 0.717. The normalized spacial score (nSPS) is 22.5. The Morgan fingerprint density at radius 1 is 0.853 bits per heavy atom. The lowest BCUT2D eigenvalue weighted by Crippen LogP contribution is -2.53. The van der Waals surface area contributed by atoms with Gasteiger partial charge in [0.05, 0.1) is 17.0 Å². The molecular weight excluding hydrogens is 428 g/mol. The third-order valence-corrected chi connectivity index (χ3v) is 8.26. The molecule has 0 atom stereocenters. The molecule has 7 nitrogen and oxygen atoms in total. The Hall–Kier alpha value is -2.41. The van der Waals surface area contributed by atoms with E-state index < -0.39 is 11.9 Å². The second-order valence-electron chi connectivity index (χ2n) is 10.5. The molecule has 1 saturated carbocycles. The molecule has 7 heteroatoms. The second-order valence-corrected chi connectivity index (χ2v) is 10.5. The summed E-state index contributed by atoms with van der Waals surface area (Å²) in [6.07, 6.45) is 14.2. The number of carboxylic acid groups (broad SMARTS) is 1. The van der Waals surface area contributed by atoms with Crippen molar-refractivity contribution in [3.05, 3.63) is 34.6 Å². The first-order chi connectivity index (χ1) is 16.6. The van der Waals surface area contributed by atoms with E-state index in [1.165, 1.54) is 57.8 Å². The van der Waals surface area contributed by atoms with Crippen molar-refractivity contribution in [2.24, 2.45) is 5.92 Å². The number of carbonyl (C=O) groups is 1. The monoisotopic (exact) mass is 466 g/mol. The molecule has 0 unspecified atom stereocenters. The average Bonchev–Trinajstić information content (AvgIpc) is 2.82. The number of para-hydroxylation sites is 2. The Morgan fingerprint density at radius 2 is 1.47 bits per heavy atom. The number of aromatic nitrogens is 2. The van der Waals surface area contributed by atoms with E-state index in [0.29, 0.717) is 24.9 Å². The molecule has 2 saturated heterocycles. The van der Waals surface area contributed by atoms with Crippen LogP contribution in [0.1, 0.15) is 76.7 Å². The standard InChI is InChI=1S/C27H38N4O3/c32-26-25(30-18-20(19-30)27(33)34)28-23-12-8-9-13-24(23)31(26)22-14-16-29(17-15-22)21-10-6-4-2-1-3-5-7-11-21/h8-9,12-13,20-22H,1-7,10-11,14-19H2,(H,33,34). The SMILES string of the molecule is O=C(O)C1CN(c2nc3ccccc3n(C3CCN(C4CCCCCCCCC4)CC3)c2=O)C1. The molecule has 0 amide bonds. The van der Waals surface area contributed by atoms with Gasteiger partial charge in [-0.2, -0.15) is 0 Å². The van der Waals surface area contributed by atoms with Crippen LogP contribution >= 0.6 is 0 Å². The number of piperidine rings is 1. The van der Waals surface area contributed by atoms with Crippen molar-refractivity contribution in [1.29, 1.82) is 0 Å². The number of hydrogen-bond donors (Lipinski definition) is 1. The summed E-state index contributed by atoms with van der Waals surface area (Å²) in [5.74, 6) is -0.808. The van der Waals surface area contributed by atoms with Crippen LogP contribution in [0, 0.1) is 5.92 Å². The number of benzene rings is 1. The fourth-order valence-electron chi connectivity index (χ4n) is 6.18. The van der Waals surface area contributed by atoms with Crippen molar-refractivity contribution >= 4 is 22.8 Å². The van der Waals surface area contributed by atoms with Gasteiger partial charge >= 0.3 is 5.97 Å². The van der Waals surface area contributed by atoms with Gasteiger partial charge in [0.15, 0.2) is 5.82 Å².